The minimum Gasteiger partial charge on any atom is -0.497 e. The van der Waals surface area contributed by atoms with Gasteiger partial charge in [-0.2, -0.15) is 0 Å². The Morgan fingerprint density at radius 3 is 2.49 bits per heavy atom. The Morgan fingerprint density at radius 1 is 0.973 bits per heavy atom. The zero-order valence-corrected chi connectivity index (χ0v) is 21.1. The van der Waals surface area contributed by atoms with E-state index < -0.39 is 0 Å². The SMILES string of the molecule is COc1ccc(OC)c(CNC(=O)c2ccc3c(=O)n(Cc4ccccc4)c(N4CCCC4)nc3c2)c1. The number of fused-ring (bicyclic) bond motifs is 1. The first-order valence-electron chi connectivity index (χ1n) is 12.4. The summed E-state index contributed by atoms with van der Waals surface area (Å²) in [6.45, 7) is 2.42. The standard InChI is InChI=1S/C29H30N4O4/c1-36-23-11-13-26(37-2)22(16-23)18-30-27(34)21-10-12-24-25(17-21)31-29(32-14-6-7-15-32)33(28(24)35)19-20-8-4-3-5-9-20/h3-5,8-13,16-17H,6-7,14-15,18-19H2,1-2H3,(H,30,34). The molecule has 1 aromatic heterocycles. The van der Waals surface area contributed by atoms with Gasteiger partial charge in [-0.25, -0.2) is 4.98 Å². The number of anilines is 1. The molecule has 1 fully saturated rings. The first-order valence-corrected chi connectivity index (χ1v) is 12.4. The van der Waals surface area contributed by atoms with E-state index in [1.165, 1.54) is 0 Å². The largest absolute Gasteiger partial charge is 0.497 e. The lowest BCUT2D eigenvalue weighted by atomic mass is 10.1. The molecule has 0 radical (unpaired) electrons. The number of benzene rings is 3. The fourth-order valence-corrected chi connectivity index (χ4v) is 4.72. The summed E-state index contributed by atoms with van der Waals surface area (Å²) in [5, 5.41) is 3.43. The Balaban J connectivity index is 1.46. The minimum atomic E-state index is -0.259. The van der Waals surface area contributed by atoms with Gasteiger partial charge in [-0.15, -0.1) is 0 Å². The Kier molecular flexibility index (Phi) is 7.07. The predicted octanol–water partition coefficient (Wildman–Crippen LogP) is 3.99. The molecular formula is C29H30N4O4. The predicted molar refractivity (Wildman–Crippen MR) is 144 cm³/mol. The third-order valence-corrected chi connectivity index (χ3v) is 6.70. The average molecular weight is 499 g/mol. The zero-order chi connectivity index (χ0) is 25.8. The van der Waals surface area contributed by atoms with Crippen molar-refractivity contribution in [3.63, 3.8) is 0 Å². The lowest BCUT2D eigenvalue weighted by Crippen LogP contribution is -2.31. The molecule has 3 aromatic carbocycles. The number of hydrogen-bond acceptors (Lipinski definition) is 6. The van der Waals surface area contributed by atoms with Crippen LogP contribution in [0.2, 0.25) is 0 Å². The van der Waals surface area contributed by atoms with Crippen LogP contribution >= 0.6 is 0 Å². The van der Waals surface area contributed by atoms with E-state index in [0.29, 0.717) is 40.5 Å². The topological polar surface area (TPSA) is 85.7 Å². The molecular weight excluding hydrogens is 468 g/mol. The van der Waals surface area contributed by atoms with E-state index in [9.17, 15) is 9.59 Å². The molecule has 1 saturated heterocycles. The second-order valence-corrected chi connectivity index (χ2v) is 9.08. The number of aromatic nitrogens is 2. The maximum atomic E-state index is 13.6. The molecule has 0 spiro atoms. The number of nitrogens with one attached hydrogen (secondary N) is 1. The van der Waals surface area contributed by atoms with E-state index >= 15 is 0 Å². The highest BCUT2D eigenvalue weighted by molar-refractivity contribution is 5.97. The van der Waals surface area contributed by atoms with Crippen LogP contribution < -0.4 is 25.2 Å². The number of carbonyl (C=O) groups excluding carboxylic acids is 1. The number of amides is 1. The first-order chi connectivity index (χ1) is 18.1. The van der Waals surface area contributed by atoms with Crippen molar-refractivity contribution in [1.29, 1.82) is 0 Å². The van der Waals surface area contributed by atoms with E-state index in [1.54, 1.807) is 43.1 Å². The van der Waals surface area contributed by atoms with Crippen LogP contribution in [0.15, 0.2) is 71.5 Å². The highest BCUT2D eigenvalue weighted by Gasteiger charge is 2.21. The molecule has 1 N–H and O–H groups in total. The molecule has 37 heavy (non-hydrogen) atoms. The molecule has 1 aliphatic rings. The highest BCUT2D eigenvalue weighted by atomic mass is 16.5. The second kappa shape index (κ2) is 10.7. The van der Waals surface area contributed by atoms with Gasteiger partial charge >= 0.3 is 0 Å². The number of ether oxygens (including phenoxy) is 2. The van der Waals surface area contributed by atoms with Crippen LogP contribution in [-0.2, 0) is 13.1 Å². The fraction of sp³-hybridized carbons (Fsp3) is 0.276. The summed E-state index contributed by atoms with van der Waals surface area (Å²) in [7, 11) is 3.18. The van der Waals surface area contributed by atoms with Crippen LogP contribution in [0.4, 0.5) is 5.95 Å². The monoisotopic (exact) mass is 498 g/mol. The minimum absolute atomic E-state index is 0.108. The van der Waals surface area contributed by atoms with Gasteiger partial charge < -0.3 is 19.7 Å². The summed E-state index contributed by atoms with van der Waals surface area (Å²) in [4.78, 5) is 33.7. The van der Waals surface area contributed by atoms with Crippen molar-refractivity contribution >= 4 is 22.8 Å². The van der Waals surface area contributed by atoms with Crippen LogP contribution in [0.1, 0.15) is 34.3 Å². The van der Waals surface area contributed by atoms with E-state index in [2.05, 4.69) is 10.2 Å². The van der Waals surface area contributed by atoms with Crippen LogP contribution in [0, 0.1) is 0 Å². The first kappa shape index (κ1) is 24.4. The van der Waals surface area contributed by atoms with Gasteiger partial charge in [0.1, 0.15) is 11.5 Å². The van der Waals surface area contributed by atoms with Crippen molar-refractivity contribution in [3.8, 4) is 11.5 Å². The smallest absolute Gasteiger partial charge is 0.263 e. The number of carbonyl (C=O) groups is 1. The van der Waals surface area contributed by atoms with Crippen molar-refractivity contribution in [1.82, 2.24) is 14.9 Å². The average Bonchev–Trinajstić information content (AvgIpc) is 3.48. The summed E-state index contributed by atoms with van der Waals surface area (Å²) >= 11 is 0. The molecule has 0 unspecified atom stereocenters. The van der Waals surface area contributed by atoms with Crippen molar-refractivity contribution in [2.24, 2.45) is 0 Å². The number of methoxy groups -OCH3 is 2. The molecule has 0 aliphatic carbocycles. The van der Waals surface area contributed by atoms with Crippen LogP contribution in [0.25, 0.3) is 10.9 Å². The van der Waals surface area contributed by atoms with Gasteiger partial charge in [0.25, 0.3) is 11.5 Å². The van der Waals surface area contributed by atoms with E-state index in [4.69, 9.17) is 14.5 Å². The van der Waals surface area contributed by atoms with E-state index in [1.807, 2.05) is 42.5 Å². The lowest BCUT2D eigenvalue weighted by molar-refractivity contribution is 0.0950. The molecule has 2 heterocycles. The van der Waals surface area contributed by atoms with Gasteiger partial charge in [0, 0.05) is 30.8 Å². The van der Waals surface area contributed by atoms with Crippen LogP contribution in [-0.4, -0.2) is 42.8 Å². The lowest BCUT2D eigenvalue weighted by Gasteiger charge is -2.22. The van der Waals surface area contributed by atoms with Gasteiger partial charge in [0.2, 0.25) is 5.95 Å². The Morgan fingerprint density at radius 2 is 1.76 bits per heavy atom. The van der Waals surface area contributed by atoms with Gasteiger partial charge in [0.05, 0.1) is 31.7 Å². The molecule has 5 rings (SSSR count). The number of rotatable bonds is 8. The van der Waals surface area contributed by atoms with Crippen molar-refractivity contribution in [2.75, 3.05) is 32.2 Å². The Bertz CT molecular complexity index is 1480. The summed E-state index contributed by atoms with van der Waals surface area (Å²) in [5.41, 5.74) is 2.69. The Hall–Kier alpha value is -4.33. The summed E-state index contributed by atoms with van der Waals surface area (Å²) in [6, 6.07) is 20.4. The fourth-order valence-electron chi connectivity index (χ4n) is 4.72. The van der Waals surface area contributed by atoms with Crippen molar-refractivity contribution in [3.05, 3.63) is 93.8 Å². The zero-order valence-electron chi connectivity index (χ0n) is 21.1. The normalized spacial score (nSPS) is 13.1. The molecule has 190 valence electrons. The number of nitrogens with zero attached hydrogens (tertiary/aromatic N) is 3. The summed E-state index contributed by atoms with van der Waals surface area (Å²) < 4.78 is 12.5. The Labute approximate surface area is 215 Å². The van der Waals surface area contributed by atoms with Gasteiger partial charge in [-0.05, 0) is 54.8 Å². The number of hydrogen-bond donors (Lipinski definition) is 1. The second-order valence-electron chi connectivity index (χ2n) is 9.08. The van der Waals surface area contributed by atoms with Crippen molar-refractivity contribution < 1.29 is 14.3 Å². The molecule has 8 heteroatoms. The molecule has 0 bridgehead atoms. The van der Waals surface area contributed by atoms with Crippen molar-refractivity contribution in [2.45, 2.75) is 25.9 Å². The maximum absolute atomic E-state index is 13.6. The molecule has 0 saturated carbocycles. The molecule has 4 aromatic rings. The molecule has 0 atom stereocenters. The molecule has 8 nitrogen and oxygen atoms in total. The van der Waals surface area contributed by atoms with Gasteiger partial charge in [-0.1, -0.05) is 30.3 Å². The third kappa shape index (κ3) is 5.14. The summed E-state index contributed by atoms with van der Waals surface area (Å²) in [5.74, 6) is 1.74. The maximum Gasteiger partial charge on any atom is 0.263 e. The highest BCUT2D eigenvalue weighted by Crippen LogP contribution is 2.24. The van der Waals surface area contributed by atoms with Gasteiger partial charge in [0.15, 0.2) is 0 Å². The van der Waals surface area contributed by atoms with E-state index in [0.717, 1.165) is 37.1 Å². The van der Waals surface area contributed by atoms with Gasteiger partial charge in [-0.3, -0.25) is 14.2 Å². The van der Waals surface area contributed by atoms with Crippen LogP contribution in [0.3, 0.4) is 0 Å². The molecule has 1 aliphatic heterocycles. The summed E-state index contributed by atoms with van der Waals surface area (Å²) in [6.07, 6.45) is 2.13. The molecule has 1 amide bonds. The quantitative estimate of drug-likeness (QED) is 0.395. The third-order valence-electron chi connectivity index (χ3n) is 6.70. The van der Waals surface area contributed by atoms with E-state index in [-0.39, 0.29) is 18.0 Å². The van der Waals surface area contributed by atoms with Crippen LogP contribution in [0.5, 0.6) is 11.5 Å².